The molecule has 0 saturated heterocycles. The van der Waals surface area contributed by atoms with Crippen LogP contribution in [0.25, 0.3) is 0 Å². The second-order valence-corrected chi connectivity index (χ2v) is 9.72. The van der Waals surface area contributed by atoms with Crippen molar-refractivity contribution >= 4 is 0 Å². The third kappa shape index (κ3) is 10.7. The SMILES string of the molecule is C.CC1CCCCC1C.CC1CCCCC1C.CC1CCCCC1C. The van der Waals surface area contributed by atoms with E-state index >= 15 is 0 Å². The van der Waals surface area contributed by atoms with Crippen molar-refractivity contribution in [2.24, 2.45) is 35.5 Å². The molecule has 3 aliphatic rings. The Balaban J connectivity index is 0.000000339. The maximum Gasteiger partial charge on any atom is -0.0417 e. The standard InChI is InChI=1S/3C8H16.CH4/c3*1-7-5-3-4-6-8(7)2;/h3*7-8H,3-6H2,1-2H3;1H4. The Hall–Kier alpha value is 0. The Morgan fingerprint density at radius 2 is 0.440 bits per heavy atom. The van der Waals surface area contributed by atoms with E-state index in [1.807, 2.05) is 0 Å². The first kappa shape index (κ1) is 25.0. The topological polar surface area (TPSA) is 0 Å². The van der Waals surface area contributed by atoms with Gasteiger partial charge in [-0.15, -0.1) is 0 Å². The molecule has 25 heavy (non-hydrogen) atoms. The minimum atomic E-state index is 0. The zero-order valence-corrected chi connectivity index (χ0v) is 17.9. The summed E-state index contributed by atoms with van der Waals surface area (Å²) >= 11 is 0. The van der Waals surface area contributed by atoms with Crippen LogP contribution in [0.15, 0.2) is 0 Å². The van der Waals surface area contributed by atoms with E-state index in [1.54, 1.807) is 0 Å². The van der Waals surface area contributed by atoms with E-state index in [0.717, 1.165) is 35.5 Å². The highest BCUT2D eigenvalue weighted by Gasteiger charge is 2.16. The lowest BCUT2D eigenvalue weighted by Crippen LogP contribution is -2.12. The highest BCUT2D eigenvalue weighted by Crippen LogP contribution is 2.29. The first-order chi connectivity index (χ1) is 11.4. The highest BCUT2D eigenvalue weighted by molar-refractivity contribution is 4.68. The molecule has 3 saturated carbocycles. The number of rotatable bonds is 0. The Morgan fingerprint density at radius 3 is 0.520 bits per heavy atom. The quantitative estimate of drug-likeness (QED) is 0.407. The summed E-state index contributed by atoms with van der Waals surface area (Å²) < 4.78 is 0. The second kappa shape index (κ2) is 14.1. The Kier molecular flexibility index (Phi) is 14.1. The molecule has 0 aliphatic heterocycles. The smallest absolute Gasteiger partial charge is 0.0417 e. The van der Waals surface area contributed by atoms with Crippen LogP contribution in [0.4, 0.5) is 0 Å². The summed E-state index contributed by atoms with van der Waals surface area (Å²) in [4.78, 5) is 0. The summed E-state index contributed by atoms with van der Waals surface area (Å²) in [5.41, 5.74) is 0. The fraction of sp³-hybridized carbons (Fsp3) is 1.00. The maximum atomic E-state index is 2.38. The molecule has 0 heteroatoms. The first-order valence-corrected chi connectivity index (χ1v) is 11.4. The lowest BCUT2D eigenvalue weighted by atomic mass is 9.82. The van der Waals surface area contributed by atoms with Crippen molar-refractivity contribution in [2.75, 3.05) is 0 Å². The minimum Gasteiger partial charge on any atom is -0.0776 e. The summed E-state index contributed by atoms with van der Waals surface area (Å²) in [6.07, 6.45) is 17.7. The Bertz CT molecular complexity index is 217. The van der Waals surface area contributed by atoms with Gasteiger partial charge in [0.05, 0.1) is 0 Å². The van der Waals surface area contributed by atoms with Crippen LogP contribution in [-0.2, 0) is 0 Å². The van der Waals surface area contributed by atoms with Gasteiger partial charge in [0.2, 0.25) is 0 Å². The van der Waals surface area contributed by atoms with E-state index in [9.17, 15) is 0 Å². The van der Waals surface area contributed by atoms with Crippen LogP contribution < -0.4 is 0 Å². The predicted octanol–water partition coefficient (Wildman–Crippen LogP) is 9.13. The Morgan fingerprint density at radius 1 is 0.320 bits per heavy atom. The summed E-state index contributed by atoms with van der Waals surface area (Å²) in [6.45, 7) is 14.3. The zero-order chi connectivity index (χ0) is 17.9. The van der Waals surface area contributed by atoms with Crippen LogP contribution in [0.5, 0.6) is 0 Å². The van der Waals surface area contributed by atoms with Gasteiger partial charge in [0.25, 0.3) is 0 Å². The van der Waals surface area contributed by atoms with E-state index in [2.05, 4.69) is 41.5 Å². The third-order valence-electron chi connectivity index (χ3n) is 7.62. The molecule has 6 unspecified atom stereocenters. The number of hydrogen-bond acceptors (Lipinski definition) is 0. The molecule has 0 heterocycles. The predicted molar refractivity (Wildman–Crippen MR) is 117 cm³/mol. The van der Waals surface area contributed by atoms with Gasteiger partial charge in [-0.2, -0.15) is 0 Å². The molecule has 152 valence electrons. The molecule has 3 rings (SSSR count). The molecule has 0 aromatic carbocycles. The minimum absolute atomic E-state index is 0. The summed E-state index contributed by atoms with van der Waals surface area (Å²) in [6, 6.07) is 0. The van der Waals surface area contributed by atoms with Crippen molar-refractivity contribution in [1.29, 1.82) is 0 Å². The van der Waals surface area contributed by atoms with Gasteiger partial charge in [-0.1, -0.05) is 126 Å². The van der Waals surface area contributed by atoms with Crippen LogP contribution in [0.3, 0.4) is 0 Å². The van der Waals surface area contributed by atoms with Gasteiger partial charge in [-0.25, -0.2) is 0 Å². The van der Waals surface area contributed by atoms with Crippen LogP contribution in [-0.4, -0.2) is 0 Å². The molecule has 0 amide bonds. The molecular formula is C25H52. The number of hydrogen-bond donors (Lipinski definition) is 0. The van der Waals surface area contributed by atoms with Crippen LogP contribution >= 0.6 is 0 Å². The fourth-order valence-electron chi connectivity index (χ4n) is 4.50. The van der Waals surface area contributed by atoms with Crippen LogP contribution in [0, 0.1) is 35.5 Å². The van der Waals surface area contributed by atoms with E-state index in [0.29, 0.717) is 0 Å². The van der Waals surface area contributed by atoms with Crippen molar-refractivity contribution < 1.29 is 0 Å². The Labute approximate surface area is 161 Å². The third-order valence-corrected chi connectivity index (χ3v) is 7.62. The summed E-state index contributed by atoms with van der Waals surface area (Å²) in [5, 5.41) is 0. The lowest BCUT2D eigenvalue weighted by molar-refractivity contribution is 0.277. The highest BCUT2D eigenvalue weighted by atomic mass is 14.2. The molecular weight excluding hydrogens is 300 g/mol. The van der Waals surface area contributed by atoms with E-state index < -0.39 is 0 Å². The van der Waals surface area contributed by atoms with Crippen LogP contribution in [0.2, 0.25) is 0 Å². The molecule has 0 aromatic rings. The van der Waals surface area contributed by atoms with E-state index in [4.69, 9.17) is 0 Å². The van der Waals surface area contributed by atoms with Gasteiger partial charge in [0.15, 0.2) is 0 Å². The van der Waals surface area contributed by atoms with Gasteiger partial charge in [-0.05, 0) is 35.5 Å². The average molecular weight is 353 g/mol. The largest absolute Gasteiger partial charge is 0.0776 e. The monoisotopic (exact) mass is 352 g/mol. The molecule has 0 N–H and O–H groups in total. The van der Waals surface area contributed by atoms with Gasteiger partial charge in [0, 0.05) is 0 Å². The fourth-order valence-corrected chi connectivity index (χ4v) is 4.50. The van der Waals surface area contributed by atoms with Gasteiger partial charge < -0.3 is 0 Å². The van der Waals surface area contributed by atoms with Crippen LogP contribution in [0.1, 0.15) is 126 Å². The molecule has 0 bridgehead atoms. The van der Waals surface area contributed by atoms with E-state index in [1.165, 1.54) is 77.0 Å². The average Bonchev–Trinajstić information content (AvgIpc) is 2.57. The molecule has 3 fully saturated rings. The van der Waals surface area contributed by atoms with Gasteiger partial charge in [0.1, 0.15) is 0 Å². The summed E-state index contributed by atoms with van der Waals surface area (Å²) in [5.74, 6) is 6.02. The van der Waals surface area contributed by atoms with Crippen molar-refractivity contribution in [3.8, 4) is 0 Å². The molecule has 0 radical (unpaired) electrons. The van der Waals surface area contributed by atoms with Crippen molar-refractivity contribution in [3.63, 3.8) is 0 Å². The normalized spacial score (nSPS) is 38.2. The molecule has 3 aliphatic carbocycles. The maximum absolute atomic E-state index is 2.38. The van der Waals surface area contributed by atoms with Crippen molar-refractivity contribution in [3.05, 3.63) is 0 Å². The summed E-state index contributed by atoms with van der Waals surface area (Å²) in [7, 11) is 0. The van der Waals surface area contributed by atoms with Crippen molar-refractivity contribution in [1.82, 2.24) is 0 Å². The molecule has 0 nitrogen and oxygen atoms in total. The van der Waals surface area contributed by atoms with Gasteiger partial charge in [-0.3, -0.25) is 0 Å². The van der Waals surface area contributed by atoms with Gasteiger partial charge >= 0.3 is 0 Å². The second-order valence-electron chi connectivity index (χ2n) is 9.72. The van der Waals surface area contributed by atoms with Crippen molar-refractivity contribution in [2.45, 2.75) is 126 Å². The molecule has 0 aromatic heterocycles. The lowest BCUT2D eigenvalue weighted by Gasteiger charge is -2.24. The zero-order valence-electron chi connectivity index (χ0n) is 17.9. The molecule has 6 atom stereocenters. The first-order valence-electron chi connectivity index (χ1n) is 11.4. The molecule has 0 spiro atoms. The van der Waals surface area contributed by atoms with E-state index in [-0.39, 0.29) is 7.43 Å².